The van der Waals surface area contributed by atoms with Crippen molar-refractivity contribution in [2.75, 3.05) is 0 Å². The molecule has 0 saturated heterocycles. The molecule has 0 aliphatic heterocycles. The van der Waals surface area contributed by atoms with Gasteiger partial charge in [-0.25, -0.2) is 20.2 Å². The molecule has 0 unspecified atom stereocenters. The lowest BCUT2D eigenvalue weighted by atomic mass is 10.0. The smallest absolute Gasteiger partial charge is 0.406 e. The Morgan fingerprint density at radius 2 is 1.34 bits per heavy atom. The molecule has 44 heavy (non-hydrogen) atoms. The molecule has 0 N–H and O–H groups in total. The second kappa shape index (κ2) is 9.62. The summed E-state index contributed by atoms with van der Waals surface area (Å²) in [6.45, 7) is 17.3. The Hall–Kier alpha value is -5.79. The fourth-order valence-electron chi connectivity index (χ4n) is 5.53. The zero-order valence-electron chi connectivity index (χ0n) is 22.2. The number of rotatable bonds is 2. The topological polar surface area (TPSA) is 91.3 Å². The van der Waals surface area contributed by atoms with Gasteiger partial charge in [0.2, 0.25) is 0 Å². The van der Waals surface area contributed by atoms with Crippen LogP contribution in [0.1, 0.15) is 26.4 Å². The number of halogens is 3. The van der Waals surface area contributed by atoms with E-state index in [1.165, 1.54) is 46.9 Å². The number of nitrogens with zero attached hydrogens (tertiary/aromatic N) is 6. The summed E-state index contributed by atoms with van der Waals surface area (Å²) in [5, 5.41) is 19.7. The summed E-state index contributed by atoms with van der Waals surface area (Å²) in [6.07, 6.45) is -1.48. The summed E-state index contributed by atoms with van der Waals surface area (Å²) in [5.41, 5.74) is 6.95. The lowest BCUT2D eigenvalue weighted by molar-refractivity contribution is -0.274. The van der Waals surface area contributed by atoms with Crippen LogP contribution < -0.4 is 4.74 Å². The van der Waals surface area contributed by atoms with Crippen LogP contribution in [0.4, 0.5) is 13.2 Å². The average Bonchev–Trinajstić information content (AvgIpc) is 3.70. The molecule has 0 saturated carbocycles. The molecular formula is C32H11F3N6OS2. The van der Waals surface area contributed by atoms with Gasteiger partial charge in [0.25, 0.3) is 11.4 Å². The highest BCUT2D eigenvalue weighted by Crippen LogP contribution is 2.61. The van der Waals surface area contributed by atoms with Gasteiger partial charge in [-0.3, -0.25) is 9.97 Å². The molecule has 0 atom stereocenters. The first-order valence-electron chi connectivity index (χ1n) is 12.7. The Kier molecular flexibility index (Phi) is 5.92. The molecule has 0 fully saturated rings. The van der Waals surface area contributed by atoms with Gasteiger partial charge in [0.05, 0.1) is 46.1 Å². The quantitative estimate of drug-likeness (QED) is 0.143. The predicted molar refractivity (Wildman–Crippen MR) is 159 cm³/mol. The lowest BCUT2D eigenvalue weighted by Gasteiger charge is -2.10. The van der Waals surface area contributed by atoms with Crippen LogP contribution in [0.3, 0.4) is 0 Å². The highest BCUT2D eigenvalue weighted by atomic mass is 32.1. The molecule has 2 aliphatic rings. The Morgan fingerprint density at radius 3 is 1.84 bits per heavy atom. The third kappa shape index (κ3) is 3.91. The van der Waals surface area contributed by atoms with Gasteiger partial charge in [-0.15, -0.1) is 35.8 Å². The van der Waals surface area contributed by atoms with Crippen LogP contribution >= 0.6 is 22.7 Å². The minimum Gasteiger partial charge on any atom is -0.406 e. The lowest BCUT2D eigenvalue weighted by Crippen LogP contribution is -2.16. The van der Waals surface area contributed by atoms with Crippen molar-refractivity contribution in [3.63, 3.8) is 0 Å². The number of fused-ring (bicyclic) bond motifs is 9. The molecule has 2 aliphatic carbocycles. The van der Waals surface area contributed by atoms with E-state index in [2.05, 4.69) is 19.4 Å². The van der Waals surface area contributed by atoms with Crippen molar-refractivity contribution in [1.82, 2.24) is 9.97 Å². The number of hydrogen-bond donors (Lipinski definition) is 0. The van der Waals surface area contributed by atoms with E-state index in [4.69, 9.17) is 18.1 Å². The molecule has 0 amide bonds. The van der Waals surface area contributed by atoms with Crippen LogP contribution in [-0.4, -0.2) is 16.3 Å². The van der Waals surface area contributed by atoms with Gasteiger partial charge in [0.15, 0.2) is 0 Å². The van der Waals surface area contributed by atoms with Gasteiger partial charge in [-0.1, -0.05) is 12.1 Å². The standard InChI is InChI=1S/C32H11F3N6OS2/c1-14-8-18-22(20(10-36)38-2)28-24(26(18)40-12-14)30-31(43-28)25-27-19(23(29(25)44-30)21(11-37)39-3)9-16(13-41-27)15-4-6-17(7-5-15)42-32(33,34)35/h4-9,12-13H,1H3/b22-20+,23-21-. The molecule has 5 aromatic rings. The summed E-state index contributed by atoms with van der Waals surface area (Å²) in [7, 11) is 0. The fourth-order valence-corrected chi connectivity index (χ4v) is 8.52. The van der Waals surface area contributed by atoms with Crippen molar-refractivity contribution in [2.24, 2.45) is 0 Å². The Labute approximate surface area is 255 Å². The molecule has 12 heteroatoms. The van der Waals surface area contributed by atoms with E-state index in [1.807, 2.05) is 25.1 Å². The Balaban J connectivity index is 1.45. The molecule has 0 radical (unpaired) electrons. The highest BCUT2D eigenvalue weighted by molar-refractivity contribution is 7.31. The number of benzene rings is 1. The number of thiophene rings is 2. The number of allylic oxidation sites excluding steroid dienone is 2. The molecular weight excluding hydrogens is 606 g/mol. The van der Waals surface area contributed by atoms with E-state index in [0.29, 0.717) is 44.1 Å². The molecule has 208 valence electrons. The number of alkyl halides is 3. The van der Waals surface area contributed by atoms with Crippen molar-refractivity contribution < 1.29 is 17.9 Å². The molecule has 1 aromatic carbocycles. The Morgan fingerprint density at radius 1 is 0.818 bits per heavy atom. The summed E-state index contributed by atoms with van der Waals surface area (Å²) >= 11 is 2.82. The molecule has 4 heterocycles. The number of pyridine rings is 2. The van der Waals surface area contributed by atoms with Crippen molar-refractivity contribution >= 4 is 43.2 Å². The van der Waals surface area contributed by atoms with Gasteiger partial charge in [-0.2, -0.15) is 0 Å². The average molecular weight is 617 g/mol. The van der Waals surface area contributed by atoms with Crippen molar-refractivity contribution in [3.05, 3.63) is 109 Å². The zero-order valence-corrected chi connectivity index (χ0v) is 23.8. The second-order valence-corrected chi connectivity index (χ2v) is 11.8. The van der Waals surface area contributed by atoms with Crippen LogP contribution in [-0.2, 0) is 0 Å². The zero-order chi connectivity index (χ0) is 30.9. The van der Waals surface area contributed by atoms with Crippen molar-refractivity contribution in [1.29, 1.82) is 10.5 Å². The SMILES string of the molecule is [C-]#[N+]/C(C#N)=C1/c2cc(-c3ccc(OC(F)(F)F)cc3)cnc2-c2c1sc1c3c(sc21)/C(=C(\C#N)[N+]#[C-])c1cc(C)cnc1-3. The van der Waals surface area contributed by atoms with Gasteiger partial charge >= 0.3 is 6.36 Å². The number of aromatic nitrogens is 2. The number of nitriles is 2. The molecule has 7 rings (SSSR count). The Bertz CT molecular complexity index is 2320. The number of hydrogen-bond acceptors (Lipinski definition) is 7. The van der Waals surface area contributed by atoms with Crippen LogP contribution in [0.15, 0.2) is 60.2 Å². The van der Waals surface area contributed by atoms with Crippen molar-refractivity contribution in [3.8, 4) is 51.5 Å². The summed E-state index contributed by atoms with van der Waals surface area (Å²) in [5.74, 6) is -0.358. The van der Waals surface area contributed by atoms with E-state index >= 15 is 0 Å². The summed E-state index contributed by atoms with van der Waals surface area (Å²) in [6, 6.07) is 13.1. The third-order valence-electron chi connectivity index (χ3n) is 7.23. The first-order valence-corrected chi connectivity index (χ1v) is 14.3. The fraction of sp³-hybridized carbons (Fsp3) is 0.0625. The van der Waals surface area contributed by atoms with Crippen LogP contribution in [0.5, 0.6) is 5.75 Å². The second-order valence-electron chi connectivity index (χ2n) is 9.77. The maximum atomic E-state index is 12.6. The molecule has 0 bridgehead atoms. The molecule has 7 nitrogen and oxygen atoms in total. The van der Waals surface area contributed by atoms with Gasteiger partial charge in [-0.05, 0) is 42.3 Å². The number of aryl methyl sites for hydroxylation is 1. The molecule has 4 aromatic heterocycles. The normalized spacial score (nSPS) is 14.8. The van der Waals surface area contributed by atoms with E-state index in [1.54, 1.807) is 18.5 Å². The maximum absolute atomic E-state index is 12.6. The van der Waals surface area contributed by atoms with E-state index in [9.17, 15) is 23.7 Å². The summed E-state index contributed by atoms with van der Waals surface area (Å²) in [4.78, 5) is 17.9. The minimum absolute atomic E-state index is 0.0295. The maximum Gasteiger partial charge on any atom is 0.573 e. The highest BCUT2D eigenvalue weighted by Gasteiger charge is 2.38. The first kappa shape index (κ1) is 27.1. The molecule has 0 spiro atoms. The van der Waals surface area contributed by atoms with Gasteiger partial charge < -0.3 is 4.74 Å². The van der Waals surface area contributed by atoms with Gasteiger partial charge in [0, 0.05) is 61.1 Å². The van der Waals surface area contributed by atoms with Gasteiger partial charge in [0.1, 0.15) is 5.75 Å². The van der Waals surface area contributed by atoms with E-state index in [-0.39, 0.29) is 17.1 Å². The summed E-state index contributed by atoms with van der Waals surface area (Å²) < 4.78 is 43.6. The third-order valence-corrected chi connectivity index (χ3v) is 9.81. The predicted octanol–water partition coefficient (Wildman–Crippen LogP) is 8.99. The van der Waals surface area contributed by atoms with Crippen LogP contribution in [0, 0.1) is 42.7 Å². The largest absolute Gasteiger partial charge is 0.573 e. The van der Waals surface area contributed by atoms with Crippen molar-refractivity contribution in [2.45, 2.75) is 13.3 Å². The first-order chi connectivity index (χ1) is 21.2. The van der Waals surface area contributed by atoms with E-state index < -0.39 is 6.36 Å². The number of ether oxygens (including phenoxy) is 1. The van der Waals surface area contributed by atoms with Crippen LogP contribution in [0.25, 0.3) is 63.9 Å². The monoisotopic (exact) mass is 616 g/mol. The van der Waals surface area contributed by atoms with E-state index in [0.717, 1.165) is 36.5 Å². The van der Waals surface area contributed by atoms with Crippen LogP contribution in [0.2, 0.25) is 0 Å². The minimum atomic E-state index is -4.81.